The van der Waals surface area contributed by atoms with Crippen LogP contribution in [0, 0.1) is 6.92 Å². The van der Waals surface area contributed by atoms with Gasteiger partial charge in [-0.25, -0.2) is 9.78 Å². The Morgan fingerprint density at radius 1 is 1.52 bits per heavy atom. The largest absolute Gasteiger partial charge is 0.324 e. The van der Waals surface area contributed by atoms with E-state index in [0.717, 1.165) is 44.0 Å². The van der Waals surface area contributed by atoms with Gasteiger partial charge in [0.05, 0.1) is 6.20 Å². The number of urea groups is 1. The van der Waals surface area contributed by atoms with Crippen LogP contribution in [-0.4, -0.2) is 54.2 Å². The van der Waals surface area contributed by atoms with Gasteiger partial charge in [0.15, 0.2) is 11.6 Å². The van der Waals surface area contributed by atoms with Crippen molar-refractivity contribution in [3.05, 3.63) is 17.8 Å². The van der Waals surface area contributed by atoms with E-state index in [1.165, 1.54) is 0 Å². The summed E-state index contributed by atoms with van der Waals surface area (Å²) >= 11 is 0. The number of carbonyl (C=O) groups excluding carboxylic acids is 1. The summed E-state index contributed by atoms with van der Waals surface area (Å²) < 4.78 is 1.73. The van der Waals surface area contributed by atoms with E-state index in [9.17, 15) is 4.79 Å². The van der Waals surface area contributed by atoms with Gasteiger partial charge in [-0.2, -0.15) is 5.10 Å². The zero-order chi connectivity index (χ0) is 16.2. The van der Waals surface area contributed by atoms with Crippen LogP contribution in [0.15, 0.2) is 6.20 Å². The second-order valence-electron chi connectivity index (χ2n) is 5.86. The molecule has 0 radical (unpaired) electrons. The molecule has 0 aliphatic carbocycles. The van der Waals surface area contributed by atoms with Crippen LogP contribution in [0.1, 0.15) is 43.8 Å². The maximum Gasteiger partial charge on any atom is 0.323 e. The summed E-state index contributed by atoms with van der Waals surface area (Å²) in [6.07, 6.45) is 4.66. The van der Waals surface area contributed by atoms with Gasteiger partial charge in [0.1, 0.15) is 5.82 Å². The van der Waals surface area contributed by atoms with Crippen LogP contribution >= 0.6 is 0 Å². The number of piperidine rings is 1. The van der Waals surface area contributed by atoms with Crippen LogP contribution < -0.4 is 5.32 Å². The number of nitrogens with zero attached hydrogens (tertiary/aromatic N) is 6. The zero-order valence-electron chi connectivity index (χ0n) is 13.5. The second kappa shape index (κ2) is 6.76. The average Bonchev–Trinajstić information content (AvgIpc) is 3.17. The molecule has 1 aliphatic rings. The molecular formula is C14H22N8O. The third-order valence-corrected chi connectivity index (χ3v) is 3.91. The van der Waals surface area contributed by atoms with E-state index in [1.807, 2.05) is 6.92 Å². The molecular weight excluding hydrogens is 296 g/mol. The number of aryl methyl sites for hydroxylation is 2. The summed E-state index contributed by atoms with van der Waals surface area (Å²) in [7, 11) is 0. The molecule has 0 bridgehead atoms. The van der Waals surface area contributed by atoms with E-state index >= 15 is 0 Å². The number of aromatic amines is 1. The maximum atomic E-state index is 12.4. The van der Waals surface area contributed by atoms with Gasteiger partial charge in [0.25, 0.3) is 0 Å². The van der Waals surface area contributed by atoms with Gasteiger partial charge in [0.2, 0.25) is 0 Å². The van der Waals surface area contributed by atoms with E-state index in [-0.39, 0.29) is 11.9 Å². The molecule has 23 heavy (non-hydrogen) atoms. The number of aromatic nitrogens is 6. The molecule has 124 valence electrons. The van der Waals surface area contributed by atoms with E-state index in [0.29, 0.717) is 12.4 Å². The Balaban J connectivity index is 1.60. The lowest BCUT2D eigenvalue weighted by Crippen LogP contribution is -2.41. The molecule has 9 nitrogen and oxygen atoms in total. The average molecular weight is 318 g/mol. The summed E-state index contributed by atoms with van der Waals surface area (Å²) in [5.74, 6) is 2.25. The van der Waals surface area contributed by atoms with E-state index in [4.69, 9.17) is 0 Å². The van der Waals surface area contributed by atoms with Crippen LogP contribution in [0.5, 0.6) is 0 Å². The number of anilines is 1. The molecule has 3 heterocycles. The lowest BCUT2D eigenvalue weighted by molar-refractivity contribution is 0.191. The third kappa shape index (κ3) is 3.66. The minimum atomic E-state index is -0.148. The fourth-order valence-corrected chi connectivity index (χ4v) is 2.80. The summed E-state index contributed by atoms with van der Waals surface area (Å²) in [4.78, 5) is 18.6. The quantitative estimate of drug-likeness (QED) is 0.889. The Kier molecular flexibility index (Phi) is 4.54. The highest BCUT2D eigenvalue weighted by atomic mass is 16.2. The minimum absolute atomic E-state index is 0.148. The van der Waals surface area contributed by atoms with Crippen LogP contribution in [-0.2, 0) is 6.54 Å². The standard InChI is InChI=1S/C14H22N8O/c1-3-6-22-9-12(18-20-22)16-14(23)21-7-4-5-11(8-21)13-15-10(2)17-19-13/h9,11H,3-8H2,1-2H3,(H,16,23)(H,15,17,19). The normalized spacial score (nSPS) is 18.2. The van der Waals surface area contributed by atoms with Crippen molar-refractivity contribution in [2.75, 3.05) is 18.4 Å². The minimum Gasteiger partial charge on any atom is -0.324 e. The first-order valence-corrected chi connectivity index (χ1v) is 8.00. The number of likely N-dealkylation sites (tertiary alicyclic amines) is 1. The number of carbonyl (C=O) groups is 1. The molecule has 2 N–H and O–H groups in total. The van der Waals surface area contributed by atoms with Gasteiger partial charge in [-0.15, -0.1) is 5.10 Å². The number of hydrogen-bond acceptors (Lipinski definition) is 5. The predicted molar refractivity (Wildman–Crippen MR) is 84.0 cm³/mol. The van der Waals surface area contributed by atoms with Crippen molar-refractivity contribution in [3.8, 4) is 0 Å². The van der Waals surface area contributed by atoms with Crippen molar-refractivity contribution < 1.29 is 4.79 Å². The third-order valence-electron chi connectivity index (χ3n) is 3.91. The van der Waals surface area contributed by atoms with Gasteiger partial charge < -0.3 is 4.90 Å². The van der Waals surface area contributed by atoms with Gasteiger partial charge in [0, 0.05) is 25.6 Å². The smallest absolute Gasteiger partial charge is 0.323 e. The molecule has 1 atom stereocenters. The van der Waals surface area contributed by atoms with Crippen molar-refractivity contribution in [1.82, 2.24) is 35.1 Å². The van der Waals surface area contributed by atoms with E-state index < -0.39 is 0 Å². The molecule has 1 unspecified atom stereocenters. The number of amides is 2. The molecule has 0 saturated carbocycles. The van der Waals surface area contributed by atoms with Crippen LogP contribution in [0.3, 0.4) is 0 Å². The monoisotopic (exact) mass is 318 g/mol. The predicted octanol–water partition coefficient (Wildman–Crippen LogP) is 1.53. The molecule has 2 aromatic rings. The van der Waals surface area contributed by atoms with Crippen molar-refractivity contribution in [3.63, 3.8) is 0 Å². The van der Waals surface area contributed by atoms with Crippen LogP contribution in [0.2, 0.25) is 0 Å². The van der Waals surface area contributed by atoms with E-state index in [1.54, 1.807) is 15.8 Å². The summed E-state index contributed by atoms with van der Waals surface area (Å²) in [6.45, 7) is 6.09. The molecule has 2 aromatic heterocycles. The van der Waals surface area contributed by atoms with Gasteiger partial charge in [-0.1, -0.05) is 12.1 Å². The number of hydrogen-bond donors (Lipinski definition) is 2. The highest BCUT2D eigenvalue weighted by molar-refractivity contribution is 5.88. The molecule has 3 rings (SSSR count). The fraction of sp³-hybridized carbons (Fsp3) is 0.643. The summed E-state index contributed by atoms with van der Waals surface area (Å²) in [6, 6.07) is -0.148. The summed E-state index contributed by atoms with van der Waals surface area (Å²) in [5.41, 5.74) is 0. The Bertz CT molecular complexity index is 663. The van der Waals surface area contributed by atoms with Gasteiger partial charge >= 0.3 is 6.03 Å². The van der Waals surface area contributed by atoms with E-state index in [2.05, 4.69) is 37.7 Å². The lowest BCUT2D eigenvalue weighted by atomic mass is 9.98. The number of H-pyrrole nitrogens is 1. The highest BCUT2D eigenvalue weighted by Gasteiger charge is 2.27. The highest BCUT2D eigenvalue weighted by Crippen LogP contribution is 2.24. The lowest BCUT2D eigenvalue weighted by Gasteiger charge is -2.31. The van der Waals surface area contributed by atoms with Crippen LogP contribution in [0.25, 0.3) is 0 Å². The SMILES string of the molecule is CCCn1cc(NC(=O)N2CCCC(c3n[nH]c(C)n3)C2)nn1. The van der Waals surface area contributed by atoms with Crippen molar-refractivity contribution >= 4 is 11.8 Å². The maximum absolute atomic E-state index is 12.4. The molecule has 1 aliphatic heterocycles. The van der Waals surface area contributed by atoms with Gasteiger partial charge in [-0.05, 0) is 26.2 Å². The Hall–Kier alpha value is -2.45. The van der Waals surface area contributed by atoms with Crippen molar-refractivity contribution in [2.45, 2.75) is 45.6 Å². The number of rotatable bonds is 4. The Labute approximate surface area is 134 Å². The summed E-state index contributed by atoms with van der Waals surface area (Å²) in [5, 5.41) is 17.8. The molecule has 1 fully saturated rings. The number of nitrogens with one attached hydrogen (secondary N) is 2. The Morgan fingerprint density at radius 3 is 3.13 bits per heavy atom. The van der Waals surface area contributed by atoms with Crippen molar-refractivity contribution in [1.29, 1.82) is 0 Å². The fourth-order valence-electron chi connectivity index (χ4n) is 2.80. The Morgan fingerprint density at radius 2 is 2.39 bits per heavy atom. The molecule has 0 aromatic carbocycles. The van der Waals surface area contributed by atoms with Crippen LogP contribution in [0.4, 0.5) is 10.6 Å². The first-order valence-electron chi connectivity index (χ1n) is 8.00. The molecule has 9 heteroatoms. The zero-order valence-corrected chi connectivity index (χ0v) is 13.5. The molecule has 0 spiro atoms. The molecule has 2 amide bonds. The molecule has 1 saturated heterocycles. The van der Waals surface area contributed by atoms with Crippen molar-refractivity contribution in [2.24, 2.45) is 0 Å². The first kappa shape index (κ1) is 15.4. The van der Waals surface area contributed by atoms with Gasteiger partial charge in [-0.3, -0.25) is 15.1 Å². The topological polar surface area (TPSA) is 105 Å². The second-order valence-corrected chi connectivity index (χ2v) is 5.86. The first-order chi connectivity index (χ1) is 11.2.